The van der Waals surface area contributed by atoms with E-state index in [4.69, 9.17) is 4.74 Å². The summed E-state index contributed by atoms with van der Waals surface area (Å²) in [6.45, 7) is 3.56. The second-order valence-corrected chi connectivity index (χ2v) is 7.42. The maximum atomic E-state index is 12.5. The number of hydrogen-bond donors (Lipinski definition) is 2. The fourth-order valence-electron chi connectivity index (χ4n) is 2.95. The molecule has 0 fully saturated rings. The Morgan fingerprint density at radius 3 is 2.43 bits per heavy atom. The average molecular weight is 474 g/mol. The molecule has 2 amide bonds. The van der Waals surface area contributed by atoms with Crippen molar-refractivity contribution >= 4 is 35.4 Å². The minimum Gasteiger partial charge on any atom is -0.422 e. The maximum Gasteiger partial charge on any atom is 0.343 e. The first-order valence-corrected chi connectivity index (χ1v) is 10.6. The number of carbonyl (C=O) groups is 3. The highest BCUT2D eigenvalue weighted by molar-refractivity contribution is 5.97. The summed E-state index contributed by atoms with van der Waals surface area (Å²) in [5, 5.41) is 17.7. The Kier molecular flexibility index (Phi) is 8.02. The molecule has 0 heterocycles. The first-order valence-electron chi connectivity index (χ1n) is 10.6. The monoisotopic (exact) mass is 474 g/mol. The van der Waals surface area contributed by atoms with Crippen LogP contribution in [0.2, 0.25) is 0 Å². The zero-order chi connectivity index (χ0) is 25.4. The number of nitrogens with one attached hydrogen (secondary N) is 2. The van der Waals surface area contributed by atoms with Crippen molar-refractivity contribution in [1.82, 2.24) is 5.43 Å². The first kappa shape index (κ1) is 24.8. The number of amides is 2. The minimum atomic E-state index is -0.642. The van der Waals surface area contributed by atoms with Gasteiger partial charge in [-0.2, -0.15) is 5.10 Å². The van der Waals surface area contributed by atoms with Gasteiger partial charge in [0.2, 0.25) is 5.91 Å². The van der Waals surface area contributed by atoms with Crippen molar-refractivity contribution < 1.29 is 24.0 Å². The highest BCUT2D eigenvalue weighted by atomic mass is 16.6. The lowest BCUT2D eigenvalue weighted by molar-refractivity contribution is -0.384. The quantitative estimate of drug-likeness (QED) is 0.165. The van der Waals surface area contributed by atoms with Crippen LogP contribution in [0, 0.1) is 17.0 Å². The van der Waals surface area contributed by atoms with E-state index in [-0.39, 0.29) is 28.5 Å². The van der Waals surface area contributed by atoms with Crippen molar-refractivity contribution in [1.29, 1.82) is 0 Å². The predicted octanol–water partition coefficient (Wildman–Crippen LogP) is 4.23. The van der Waals surface area contributed by atoms with Crippen molar-refractivity contribution in [3.63, 3.8) is 0 Å². The molecule has 0 aliphatic carbocycles. The number of non-ortho nitro benzene ring substituents is 1. The number of hydrazone groups is 1. The normalized spacial score (nSPS) is 10.6. The minimum absolute atomic E-state index is 0.0381. The van der Waals surface area contributed by atoms with Gasteiger partial charge < -0.3 is 10.1 Å². The van der Waals surface area contributed by atoms with Gasteiger partial charge in [-0.1, -0.05) is 24.6 Å². The molecule has 10 nitrogen and oxygen atoms in total. The van der Waals surface area contributed by atoms with Gasteiger partial charge >= 0.3 is 5.97 Å². The number of hydrogen-bond acceptors (Lipinski definition) is 7. The van der Waals surface area contributed by atoms with Crippen LogP contribution in [0.5, 0.6) is 5.75 Å². The summed E-state index contributed by atoms with van der Waals surface area (Å²) in [5.41, 5.74) is 4.22. The van der Waals surface area contributed by atoms with Gasteiger partial charge in [-0.05, 0) is 49.4 Å². The topological polar surface area (TPSA) is 140 Å². The SMILES string of the molecule is CCC(=O)Nc1ccc(C(=O)N/N=C/c2cc([N+](=O)[O-])ccc2OC(=O)c2cccc(C)c2)cc1. The molecule has 2 N–H and O–H groups in total. The molecule has 0 unspecified atom stereocenters. The maximum absolute atomic E-state index is 12.5. The number of rotatable bonds is 8. The average Bonchev–Trinajstić information content (AvgIpc) is 2.85. The van der Waals surface area contributed by atoms with Gasteiger partial charge in [0.05, 0.1) is 16.7 Å². The summed E-state index contributed by atoms with van der Waals surface area (Å²) in [7, 11) is 0. The molecule has 0 bridgehead atoms. The number of nitro groups is 1. The van der Waals surface area contributed by atoms with E-state index in [1.54, 1.807) is 37.3 Å². The van der Waals surface area contributed by atoms with E-state index in [0.29, 0.717) is 17.7 Å². The molecule has 3 aromatic carbocycles. The second kappa shape index (κ2) is 11.3. The summed E-state index contributed by atoms with van der Waals surface area (Å²) in [6.07, 6.45) is 1.48. The molecule has 35 heavy (non-hydrogen) atoms. The van der Waals surface area contributed by atoms with Crippen LogP contribution < -0.4 is 15.5 Å². The van der Waals surface area contributed by atoms with Crippen molar-refractivity contribution in [3.8, 4) is 5.75 Å². The fraction of sp³-hybridized carbons (Fsp3) is 0.120. The van der Waals surface area contributed by atoms with Crippen molar-refractivity contribution in [2.24, 2.45) is 5.10 Å². The second-order valence-electron chi connectivity index (χ2n) is 7.42. The Bertz CT molecular complexity index is 1300. The Morgan fingerprint density at radius 2 is 1.77 bits per heavy atom. The van der Waals surface area contributed by atoms with Crippen LogP contribution in [0.4, 0.5) is 11.4 Å². The van der Waals surface area contributed by atoms with Crippen LogP contribution in [0.25, 0.3) is 0 Å². The molecular formula is C25H22N4O6. The number of nitrogens with zero attached hydrogens (tertiary/aromatic N) is 2. The lowest BCUT2D eigenvalue weighted by atomic mass is 10.1. The summed E-state index contributed by atoms with van der Waals surface area (Å²) in [5.74, 6) is -1.30. The standard InChI is InChI=1S/C25H22N4O6/c1-3-23(30)27-20-9-7-17(8-10-20)24(31)28-26-15-19-14-21(29(33)34)11-12-22(19)35-25(32)18-6-4-5-16(2)13-18/h4-15H,3H2,1-2H3,(H,27,30)(H,28,31)/b26-15+. The Hall–Kier alpha value is -4.86. The third kappa shape index (κ3) is 6.81. The van der Waals surface area contributed by atoms with E-state index in [2.05, 4.69) is 15.8 Å². The van der Waals surface area contributed by atoms with Crippen LogP contribution in [0.1, 0.15) is 45.2 Å². The molecule has 0 aliphatic rings. The zero-order valence-electron chi connectivity index (χ0n) is 19.0. The van der Waals surface area contributed by atoms with Crippen molar-refractivity contribution in [2.45, 2.75) is 20.3 Å². The van der Waals surface area contributed by atoms with Gasteiger partial charge in [0.15, 0.2) is 0 Å². The van der Waals surface area contributed by atoms with Crippen LogP contribution in [-0.4, -0.2) is 28.9 Å². The Labute approximate surface area is 200 Å². The number of ether oxygens (including phenoxy) is 1. The largest absolute Gasteiger partial charge is 0.422 e. The number of benzene rings is 3. The van der Waals surface area contributed by atoms with Crippen LogP contribution in [0.15, 0.2) is 71.8 Å². The Morgan fingerprint density at radius 1 is 1.03 bits per heavy atom. The van der Waals surface area contributed by atoms with E-state index in [9.17, 15) is 24.5 Å². The molecule has 0 saturated heterocycles. The first-order chi connectivity index (χ1) is 16.8. The number of nitro benzene ring substituents is 1. The molecule has 3 aromatic rings. The predicted molar refractivity (Wildman–Crippen MR) is 130 cm³/mol. The fourth-order valence-corrected chi connectivity index (χ4v) is 2.95. The molecule has 0 spiro atoms. The van der Waals surface area contributed by atoms with Crippen LogP contribution in [-0.2, 0) is 4.79 Å². The molecule has 0 aliphatic heterocycles. The van der Waals surface area contributed by atoms with Crippen molar-refractivity contribution in [2.75, 3.05) is 5.32 Å². The van der Waals surface area contributed by atoms with Gasteiger partial charge in [0, 0.05) is 35.4 Å². The summed E-state index contributed by atoms with van der Waals surface area (Å²) in [4.78, 5) is 46.9. The van der Waals surface area contributed by atoms with Crippen molar-refractivity contribution in [3.05, 3.63) is 99.1 Å². The summed E-state index contributed by atoms with van der Waals surface area (Å²) in [6, 6.07) is 16.6. The molecule has 0 atom stereocenters. The summed E-state index contributed by atoms with van der Waals surface area (Å²) < 4.78 is 5.42. The third-order valence-corrected chi connectivity index (χ3v) is 4.78. The lowest BCUT2D eigenvalue weighted by Gasteiger charge is -2.08. The molecule has 10 heteroatoms. The molecule has 0 saturated carbocycles. The summed E-state index contributed by atoms with van der Waals surface area (Å²) >= 11 is 0. The van der Waals surface area contributed by atoms with Gasteiger partial charge in [-0.25, -0.2) is 10.2 Å². The van der Waals surface area contributed by atoms with E-state index >= 15 is 0 Å². The van der Waals surface area contributed by atoms with E-state index < -0.39 is 16.8 Å². The number of aryl methyl sites for hydroxylation is 1. The third-order valence-electron chi connectivity index (χ3n) is 4.78. The molecule has 0 aromatic heterocycles. The Balaban J connectivity index is 1.75. The molecular weight excluding hydrogens is 452 g/mol. The van der Waals surface area contributed by atoms with Crippen LogP contribution in [0.3, 0.4) is 0 Å². The number of anilines is 1. The highest BCUT2D eigenvalue weighted by Crippen LogP contribution is 2.24. The van der Waals surface area contributed by atoms with Gasteiger partial charge in [0.25, 0.3) is 11.6 Å². The van der Waals surface area contributed by atoms with Gasteiger partial charge in [-0.3, -0.25) is 19.7 Å². The molecule has 3 rings (SSSR count). The highest BCUT2D eigenvalue weighted by Gasteiger charge is 2.15. The van der Waals surface area contributed by atoms with Gasteiger partial charge in [-0.15, -0.1) is 0 Å². The van der Waals surface area contributed by atoms with E-state index in [0.717, 1.165) is 11.8 Å². The molecule has 178 valence electrons. The van der Waals surface area contributed by atoms with Gasteiger partial charge in [0.1, 0.15) is 5.75 Å². The van der Waals surface area contributed by atoms with E-state index in [1.807, 2.05) is 13.0 Å². The molecule has 0 radical (unpaired) electrons. The zero-order valence-corrected chi connectivity index (χ0v) is 19.0. The number of esters is 1. The smallest absolute Gasteiger partial charge is 0.343 e. The van der Waals surface area contributed by atoms with E-state index in [1.165, 1.54) is 30.3 Å². The lowest BCUT2D eigenvalue weighted by Crippen LogP contribution is -2.18. The van der Waals surface area contributed by atoms with Crippen LogP contribution >= 0.6 is 0 Å². The number of carbonyl (C=O) groups excluding carboxylic acids is 3.